The zero-order chi connectivity index (χ0) is 12.5. The molecule has 1 heterocycles. The highest BCUT2D eigenvalue weighted by molar-refractivity contribution is 9.10. The van der Waals surface area contributed by atoms with Crippen LogP contribution in [0.15, 0.2) is 56.8 Å². The molecule has 1 atom stereocenters. The first-order valence-corrected chi connectivity index (χ1v) is 8.34. The summed E-state index contributed by atoms with van der Waals surface area (Å²) < 4.78 is 1.08. The predicted molar refractivity (Wildman–Crippen MR) is 84.7 cm³/mol. The topological polar surface area (TPSA) is 12.4 Å². The number of fused-ring (bicyclic) bond motifs is 1. The average Bonchev–Trinajstić information content (AvgIpc) is 2.77. The minimum atomic E-state index is -0.328. The minimum absolute atomic E-state index is 0.328. The van der Waals surface area contributed by atoms with Crippen LogP contribution < -0.4 is 0 Å². The first-order valence-electron chi connectivity index (χ1n) is 5.58. The summed E-state index contributed by atoms with van der Waals surface area (Å²) in [7, 11) is -0.328. The summed E-state index contributed by atoms with van der Waals surface area (Å²) in [4.78, 5) is 5.88. The number of nitrogens with zero attached hydrogens (tertiary/aromatic N) is 1. The molecule has 18 heavy (non-hydrogen) atoms. The third-order valence-corrected chi connectivity index (χ3v) is 5.84. The van der Waals surface area contributed by atoms with E-state index in [1.807, 2.05) is 18.2 Å². The van der Waals surface area contributed by atoms with Gasteiger partial charge in [0.05, 0.1) is 5.69 Å². The zero-order valence-corrected chi connectivity index (χ0v) is 12.7. The number of thiol groups is 1. The van der Waals surface area contributed by atoms with Crippen molar-refractivity contribution in [3.63, 3.8) is 0 Å². The van der Waals surface area contributed by atoms with Crippen LogP contribution in [0.1, 0.15) is 5.56 Å². The number of benzene rings is 2. The van der Waals surface area contributed by atoms with Gasteiger partial charge in [-0.05, 0) is 45.8 Å². The normalized spacial score (nSPS) is 18.9. The summed E-state index contributed by atoms with van der Waals surface area (Å²) >= 11 is 9.45. The summed E-state index contributed by atoms with van der Waals surface area (Å²) in [6.45, 7) is 0. The summed E-state index contributed by atoms with van der Waals surface area (Å²) in [5, 5.41) is 0.787. The lowest BCUT2D eigenvalue weighted by Crippen LogP contribution is -1.87. The Bertz CT molecular complexity index is 610. The summed E-state index contributed by atoms with van der Waals surface area (Å²) in [6.07, 6.45) is 0. The average molecular weight is 341 g/mol. The maximum absolute atomic E-state index is 5.90. The fraction of sp³-hybridized carbons (Fsp3) is 0.0714. The minimum Gasteiger partial charge on any atom is -0.249 e. The molecule has 2 aromatic carbocycles. The van der Waals surface area contributed by atoms with Crippen LogP contribution in [-0.4, -0.2) is 5.55 Å². The van der Waals surface area contributed by atoms with Gasteiger partial charge in [-0.2, -0.15) is 10.9 Å². The van der Waals surface area contributed by atoms with E-state index in [2.05, 4.69) is 50.7 Å². The van der Waals surface area contributed by atoms with Crippen molar-refractivity contribution in [3.05, 3.63) is 57.5 Å². The first kappa shape index (κ1) is 12.3. The van der Waals surface area contributed by atoms with E-state index in [-0.39, 0.29) is 10.9 Å². The van der Waals surface area contributed by atoms with E-state index in [4.69, 9.17) is 11.6 Å². The summed E-state index contributed by atoms with van der Waals surface area (Å²) in [6, 6.07) is 14.4. The van der Waals surface area contributed by atoms with Crippen molar-refractivity contribution in [3.8, 4) is 0 Å². The van der Waals surface area contributed by atoms with Crippen molar-refractivity contribution in [2.24, 2.45) is 4.99 Å². The highest BCUT2D eigenvalue weighted by Gasteiger charge is 2.17. The standard InChI is InChI=1S/C14H11BrClNS/c15-12-2-1-3-13-14(12)17-9-18(13)8-10-4-6-11(16)7-5-10/h1-7,9,18H,8H2. The summed E-state index contributed by atoms with van der Waals surface area (Å²) in [5.41, 5.74) is 4.50. The second kappa shape index (κ2) is 5.08. The van der Waals surface area contributed by atoms with Gasteiger partial charge in [-0.1, -0.05) is 29.8 Å². The number of halogens is 2. The van der Waals surface area contributed by atoms with Crippen LogP contribution in [0, 0.1) is 0 Å². The molecule has 0 spiro atoms. The Morgan fingerprint density at radius 3 is 2.67 bits per heavy atom. The highest BCUT2D eigenvalue weighted by atomic mass is 79.9. The molecule has 3 rings (SSSR count). The van der Waals surface area contributed by atoms with Crippen molar-refractivity contribution < 1.29 is 0 Å². The molecule has 0 saturated heterocycles. The maximum Gasteiger partial charge on any atom is 0.0899 e. The molecular weight excluding hydrogens is 330 g/mol. The van der Waals surface area contributed by atoms with E-state index in [9.17, 15) is 0 Å². The molecule has 4 heteroatoms. The fourth-order valence-corrected chi connectivity index (χ4v) is 4.68. The highest BCUT2D eigenvalue weighted by Crippen LogP contribution is 2.50. The molecule has 0 amide bonds. The Balaban J connectivity index is 1.87. The Labute approximate surface area is 122 Å². The number of rotatable bonds is 2. The molecule has 0 aliphatic carbocycles. The van der Waals surface area contributed by atoms with Gasteiger partial charge in [-0.3, -0.25) is 0 Å². The molecular formula is C14H11BrClNS. The van der Waals surface area contributed by atoms with Crippen molar-refractivity contribution in [2.75, 3.05) is 0 Å². The third kappa shape index (κ3) is 2.35. The third-order valence-electron chi connectivity index (χ3n) is 2.87. The molecule has 0 radical (unpaired) electrons. The largest absolute Gasteiger partial charge is 0.249 e. The lowest BCUT2D eigenvalue weighted by molar-refractivity contribution is 1.35. The van der Waals surface area contributed by atoms with E-state index in [0.717, 1.165) is 20.9 Å². The number of aliphatic imine (C=N–C) groups is 1. The Kier molecular flexibility index (Phi) is 3.46. The van der Waals surface area contributed by atoms with Crippen LogP contribution in [0.25, 0.3) is 0 Å². The molecule has 2 aromatic rings. The van der Waals surface area contributed by atoms with Crippen LogP contribution in [0.2, 0.25) is 5.02 Å². The number of hydrogen-bond donors (Lipinski definition) is 1. The van der Waals surface area contributed by atoms with Crippen LogP contribution in [0.4, 0.5) is 5.69 Å². The monoisotopic (exact) mass is 339 g/mol. The van der Waals surface area contributed by atoms with Gasteiger partial charge in [-0.25, -0.2) is 4.99 Å². The molecule has 1 aliphatic heterocycles. The predicted octanol–water partition coefficient (Wildman–Crippen LogP) is 5.34. The SMILES string of the molecule is Clc1ccc(C[SH]2C=Nc3c(Br)cccc32)cc1. The lowest BCUT2D eigenvalue weighted by Gasteiger charge is -2.14. The van der Waals surface area contributed by atoms with Gasteiger partial charge in [0.2, 0.25) is 0 Å². The van der Waals surface area contributed by atoms with E-state index in [1.54, 1.807) is 0 Å². The maximum atomic E-state index is 5.90. The van der Waals surface area contributed by atoms with E-state index >= 15 is 0 Å². The van der Waals surface area contributed by atoms with Crippen LogP contribution in [0.5, 0.6) is 0 Å². The second-order valence-electron chi connectivity index (χ2n) is 4.11. The Hall–Kier alpha value is -0.770. The molecule has 0 aromatic heterocycles. The van der Waals surface area contributed by atoms with Crippen molar-refractivity contribution in [2.45, 2.75) is 10.6 Å². The molecule has 0 bridgehead atoms. The Morgan fingerprint density at radius 1 is 1.11 bits per heavy atom. The molecule has 0 fully saturated rings. The van der Waals surface area contributed by atoms with Gasteiger partial charge in [0, 0.05) is 25.7 Å². The summed E-state index contributed by atoms with van der Waals surface area (Å²) in [5.74, 6) is 1.03. The van der Waals surface area contributed by atoms with Crippen molar-refractivity contribution in [1.29, 1.82) is 0 Å². The van der Waals surface area contributed by atoms with E-state index in [1.165, 1.54) is 10.5 Å². The molecule has 0 saturated carbocycles. The van der Waals surface area contributed by atoms with Gasteiger partial charge in [0.25, 0.3) is 0 Å². The molecule has 92 valence electrons. The van der Waals surface area contributed by atoms with Gasteiger partial charge >= 0.3 is 0 Å². The lowest BCUT2D eigenvalue weighted by atomic mass is 10.2. The molecule has 0 N–H and O–H groups in total. The second-order valence-corrected chi connectivity index (χ2v) is 7.37. The van der Waals surface area contributed by atoms with Crippen LogP contribution in [-0.2, 0) is 5.75 Å². The number of hydrogen-bond acceptors (Lipinski definition) is 1. The van der Waals surface area contributed by atoms with Gasteiger partial charge in [0.1, 0.15) is 0 Å². The molecule has 1 nitrogen and oxygen atoms in total. The molecule has 1 unspecified atom stereocenters. The van der Waals surface area contributed by atoms with Gasteiger partial charge in [0.15, 0.2) is 0 Å². The smallest absolute Gasteiger partial charge is 0.0899 e. The first-order chi connectivity index (χ1) is 8.74. The number of para-hydroxylation sites is 1. The molecule has 1 aliphatic rings. The van der Waals surface area contributed by atoms with Crippen molar-refractivity contribution in [1.82, 2.24) is 0 Å². The van der Waals surface area contributed by atoms with Crippen LogP contribution in [0.3, 0.4) is 0 Å². The zero-order valence-electron chi connectivity index (χ0n) is 9.48. The van der Waals surface area contributed by atoms with Crippen molar-refractivity contribution >= 4 is 49.7 Å². The fourth-order valence-electron chi connectivity index (χ4n) is 1.97. The Morgan fingerprint density at radius 2 is 1.89 bits per heavy atom. The van der Waals surface area contributed by atoms with E-state index in [0.29, 0.717) is 0 Å². The van der Waals surface area contributed by atoms with Crippen LogP contribution >= 0.6 is 38.4 Å². The van der Waals surface area contributed by atoms with Gasteiger partial charge < -0.3 is 0 Å². The van der Waals surface area contributed by atoms with E-state index < -0.39 is 0 Å². The quantitative estimate of drug-likeness (QED) is 0.709. The van der Waals surface area contributed by atoms with Gasteiger partial charge in [-0.15, -0.1) is 0 Å².